The lowest BCUT2D eigenvalue weighted by Gasteiger charge is -2.07. The van der Waals surface area contributed by atoms with Crippen molar-refractivity contribution in [2.75, 3.05) is 18.2 Å². The molecular formula is C24H22N4O2S. The number of H-pyrrole nitrogens is 1. The van der Waals surface area contributed by atoms with E-state index in [9.17, 15) is 4.79 Å². The Balaban J connectivity index is 1.33. The number of nitrogens with one attached hydrogen (secondary N) is 2. The minimum Gasteiger partial charge on any atom is -0.497 e. The number of thioether (sulfide) groups is 1. The lowest BCUT2D eigenvalue weighted by Crippen LogP contribution is -2.12. The highest BCUT2D eigenvalue weighted by Gasteiger charge is 2.07. The molecule has 2 N–H and O–H groups in total. The van der Waals surface area contributed by atoms with Gasteiger partial charge in [-0.3, -0.25) is 14.9 Å². The molecular weight excluding hydrogens is 408 g/mol. The molecule has 2 aromatic carbocycles. The summed E-state index contributed by atoms with van der Waals surface area (Å²) in [5, 5.41) is 11.4. The van der Waals surface area contributed by atoms with E-state index in [1.165, 1.54) is 0 Å². The Morgan fingerprint density at radius 2 is 2.06 bits per heavy atom. The summed E-state index contributed by atoms with van der Waals surface area (Å²) in [6, 6.07) is 19.3. The Labute approximate surface area is 184 Å². The molecule has 31 heavy (non-hydrogen) atoms. The second kappa shape index (κ2) is 9.95. The second-order valence-corrected chi connectivity index (χ2v) is 7.95. The zero-order valence-electron chi connectivity index (χ0n) is 17.0. The summed E-state index contributed by atoms with van der Waals surface area (Å²) in [5.41, 5.74) is 3.46. The number of rotatable bonds is 8. The fourth-order valence-electron chi connectivity index (χ4n) is 3.06. The van der Waals surface area contributed by atoms with Crippen LogP contribution < -0.4 is 10.1 Å². The summed E-state index contributed by atoms with van der Waals surface area (Å²) in [7, 11) is 1.60. The summed E-state index contributed by atoms with van der Waals surface area (Å²) in [4.78, 5) is 17.6. The van der Waals surface area contributed by atoms with Crippen molar-refractivity contribution < 1.29 is 9.53 Å². The quantitative estimate of drug-likeness (QED) is 0.373. The van der Waals surface area contributed by atoms with Crippen LogP contribution in [-0.4, -0.2) is 34.0 Å². The van der Waals surface area contributed by atoms with Crippen LogP contribution in [0.25, 0.3) is 23.1 Å². The van der Waals surface area contributed by atoms with E-state index in [1.54, 1.807) is 31.1 Å². The Bertz CT molecular complexity index is 1200. The average Bonchev–Trinajstić information content (AvgIpc) is 3.21. The van der Waals surface area contributed by atoms with Gasteiger partial charge in [-0.1, -0.05) is 12.1 Å². The summed E-state index contributed by atoms with van der Waals surface area (Å²) < 4.78 is 5.18. The van der Waals surface area contributed by atoms with Gasteiger partial charge >= 0.3 is 0 Å². The number of aromatic amines is 1. The van der Waals surface area contributed by atoms with Gasteiger partial charge in [0.15, 0.2) is 0 Å². The minimum atomic E-state index is -0.0229. The average molecular weight is 431 g/mol. The van der Waals surface area contributed by atoms with Gasteiger partial charge in [0.1, 0.15) is 5.75 Å². The predicted octanol–water partition coefficient (Wildman–Crippen LogP) is 5.26. The van der Waals surface area contributed by atoms with Gasteiger partial charge in [-0.2, -0.15) is 5.10 Å². The van der Waals surface area contributed by atoms with Gasteiger partial charge in [0, 0.05) is 40.4 Å². The lowest BCUT2D eigenvalue weighted by atomic mass is 10.2. The van der Waals surface area contributed by atoms with Gasteiger partial charge in [-0.05, 0) is 54.6 Å². The third-order valence-electron chi connectivity index (χ3n) is 4.61. The zero-order chi connectivity index (χ0) is 21.5. The number of carbonyl (C=O) groups excluding carboxylic acids is 1. The maximum Gasteiger partial charge on any atom is 0.225 e. The van der Waals surface area contributed by atoms with E-state index in [4.69, 9.17) is 4.74 Å². The minimum absolute atomic E-state index is 0.0229. The fraction of sp³-hybridized carbons (Fsp3) is 0.125. The van der Waals surface area contributed by atoms with Crippen LogP contribution in [0.15, 0.2) is 71.8 Å². The smallest absolute Gasteiger partial charge is 0.225 e. The highest BCUT2D eigenvalue weighted by Crippen LogP contribution is 2.26. The van der Waals surface area contributed by atoms with Gasteiger partial charge in [0.25, 0.3) is 0 Å². The molecule has 0 spiro atoms. The number of pyridine rings is 1. The molecule has 4 aromatic rings. The van der Waals surface area contributed by atoms with Crippen molar-refractivity contribution in [3.63, 3.8) is 0 Å². The SMILES string of the molecule is COc1cccc(NC(=O)CCSc2ccc3c(/C=C/c4ccccn4)n[nH]c3c2)c1. The van der Waals surface area contributed by atoms with Crippen LogP contribution in [0.1, 0.15) is 17.8 Å². The molecule has 0 saturated carbocycles. The van der Waals surface area contributed by atoms with Crippen molar-refractivity contribution in [2.24, 2.45) is 0 Å². The molecule has 0 aliphatic rings. The van der Waals surface area contributed by atoms with Crippen molar-refractivity contribution in [2.45, 2.75) is 11.3 Å². The Hall–Kier alpha value is -3.58. The van der Waals surface area contributed by atoms with Crippen LogP contribution in [-0.2, 0) is 4.79 Å². The molecule has 1 amide bonds. The fourth-order valence-corrected chi connectivity index (χ4v) is 3.95. The third-order valence-corrected chi connectivity index (χ3v) is 5.61. The number of ether oxygens (including phenoxy) is 1. The highest BCUT2D eigenvalue weighted by atomic mass is 32.2. The first kappa shape index (κ1) is 20.7. The first-order chi connectivity index (χ1) is 15.2. The second-order valence-electron chi connectivity index (χ2n) is 6.78. The third kappa shape index (κ3) is 5.52. The van der Waals surface area contributed by atoms with E-state index in [-0.39, 0.29) is 5.91 Å². The number of nitrogens with zero attached hydrogens (tertiary/aromatic N) is 2. The first-order valence-electron chi connectivity index (χ1n) is 9.85. The Morgan fingerprint density at radius 1 is 1.13 bits per heavy atom. The van der Waals surface area contributed by atoms with Crippen molar-refractivity contribution in [1.29, 1.82) is 0 Å². The molecule has 0 unspecified atom stereocenters. The van der Waals surface area contributed by atoms with Crippen LogP contribution in [0.2, 0.25) is 0 Å². The van der Waals surface area contributed by atoms with Crippen LogP contribution in [0.4, 0.5) is 5.69 Å². The summed E-state index contributed by atoms with van der Waals surface area (Å²) in [6.45, 7) is 0. The summed E-state index contributed by atoms with van der Waals surface area (Å²) in [5.74, 6) is 1.38. The molecule has 0 fully saturated rings. The van der Waals surface area contributed by atoms with Gasteiger partial charge in [0.2, 0.25) is 5.91 Å². The van der Waals surface area contributed by atoms with Gasteiger partial charge in [-0.15, -0.1) is 11.8 Å². The largest absolute Gasteiger partial charge is 0.497 e. The number of fused-ring (bicyclic) bond motifs is 1. The number of benzene rings is 2. The number of carbonyl (C=O) groups is 1. The molecule has 0 aliphatic heterocycles. The first-order valence-corrected chi connectivity index (χ1v) is 10.8. The topological polar surface area (TPSA) is 79.9 Å². The predicted molar refractivity (Wildman–Crippen MR) is 126 cm³/mol. The molecule has 0 bridgehead atoms. The van der Waals surface area contributed by atoms with Crippen LogP contribution in [0.3, 0.4) is 0 Å². The lowest BCUT2D eigenvalue weighted by molar-refractivity contribution is -0.115. The van der Waals surface area contributed by atoms with Crippen molar-refractivity contribution in [1.82, 2.24) is 15.2 Å². The molecule has 4 rings (SSSR count). The maximum absolute atomic E-state index is 12.2. The van der Waals surface area contributed by atoms with E-state index in [0.29, 0.717) is 17.9 Å². The number of methoxy groups -OCH3 is 1. The van der Waals surface area contributed by atoms with E-state index >= 15 is 0 Å². The zero-order valence-corrected chi connectivity index (χ0v) is 17.9. The monoisotopic (exact) mass is 430 g/mol. The van der Waals surface area contributed by atoms with Gasteiger partial charge in [-0.25, -0.2) is 0 Å². The summed E-state index contributed by atoms with van der Waals surface area (Å²) in [6.07, 6.45) is 6.08. The molecule has 2 heterocycles. The standard InChI is InChI=1S/C24H22N4O2S/c1-30-19-7-4-6-18(15-19)26-24(29)12-14-31-20-9-10-21-22(27-28-23(21)16-20)11-8-17-5-2-3-13-25-17/h2-11,13,15-16H,12,14H2,1H3,(H,26,29)(H,27,28)/b11-8+. The molecule has 0 aliphatic carbocycles. The molecule has 0 saturated heterocycles. The number of amides is 1. The highest BCUT2D eigenvalue weighted by molar-refractivity contribution is 7.99. The normalized spacial score (nSPS) is 11.1. The number of aromatic nitrogens is 3. The van der Waals surface area contributed by atoms with E-state index in [0.717, 1.165) is 32.9 Å². The molecule has 156 valence electrons. The van der Waals surface area contributed by atoms with Crippen molar-refractivity contribution in [3.05, 3.63) is 78.2 Å². The molecule has 6 nitrogen and oxygen atoms in total. The number of anilines is 1. The van der Waals surface area contributed by atoms with Crippen molar-refractivity contribution in [3.8, 4) is 5.75 Å². The molecule has 0 atom stereocenters. The molecule has 7 heteroatoms. The van der Waals surface area contributed by atoms with Crippen molar-refractivity contribution >= 4 is 46.4 Å². The van der Waals surface area contributed by atoms with E-state index < -0.39 is 0 Å². The van der Waals surface area contributed by atoms with Gasteiger partial charge in [0.05, 0.1) is 24.0 Å². The van der Waals surface area contributed by atoms with E-state index in [1.807, 2.05) is 48.6 Å². The number of hydrogen-bond acceptors (Lipinski definition) is 5. The molecule has 2 aromatic heterocycles. The molecule has 0 radical (unpaired) electrons. The maximum atomic E-state index is 12.2. The van der Waals surface area contributed by atoms with Crippen LogP contribution in [0.5, 0.6) is 5.75 Å². The Morgan fingerprint density at radius 3 is 2.90 bits per heavy atom. The summed E-state index contributed by atoms with van der Waals surface area (Å²) >= 11 is 1.64. The number of hydrogen-bond donors (Lipinski definition) is 2. The van der Waals surface area contributed by atoms with Crippen LogP contribution >= 0.6 is 11.8 Å². The van der Waals surface area contributed by atoms with Gasteiger partial charge < -0.3 is 10.1 Å². The van der Waals surface area contributed by atoms with E-state index in [2.05, 4.69) is 38.7 Å². The van der Waals surface area contributed by atoms with Crippen LogP contribution in [0, 0.1) is 0 Å². The Kier molecular flexibility index (Phi) is 6.64.